The number of hydrogen-bond acceptors (Lipinski definition) is 4. The first kappa shape index (κ1) is 11.7. The van der Waals surface area contributed by atoms with E-state index in [0.717, 1.165) is 0 Å². The molecule has 0 fully saturated rings. The van der Waals surface area contributed by atoms with Gasteiger partial charge in [-0.2, -0.15) is 0 Å². The molecule has 0 aromatic heterocycles. The average molecular weight is 190 g/mol. The smallest absolute Gasteiger partial charge is 0.479 e. The van der Waals surface area contributed by atoms with E-state index in [4.69, 9.17) is 5.11 Å². The third-order valence-corrected chi connectivity index (χ3v) is 1.22. The first-order valence-corrected chi connectivity index (χ1v) is 4.07. The molecule has 0 bridgehead atoms. The fraction of sp³-hybridized carbons (Fsp3) is 0.750. The van der Waals surface area contributed by atoms with Crippen LogP contribution in [0.1, 0.15) is 27.2 Å². The molecule has 0 aromatic rings. The van der Waals surface area contributed by atoms with E-state index in [1.165, 1.54) is 0 Å². The van der Waals surface area contributed by atoms with Gasteiger partial charge in [0.25, 0.3) is 0 Å². The van der Waals surface area contributed by atoms with E-state index in [0.29, 0.717) is 0 Å². The quantitative estimate of drug-likeness (QED) is 0.678. The molecule has 1 N–H and O–H groups in total. The van der Waals surface area contributed by atoms with E-state index in [1.807, 2.05) is 0 Å². The normalized spacial score (nSPS) is 12.3. The molecule has 1 unspecified atom stereocenters. The van der Waals surface area contributed by atoms with E-state index in [2.05, 4.69) is 9.47 Å². The Hall–Kier alpha value is -1.26. The molecule has 13 heavy (non-hydrogen) atoms. The van der Waals surface area contributed by atoms with Crippen LogP contribution in [0.2, 0.25) is 0 Å². The molecule has 0 radical (unpaired) electrons. The van der Waals surface area contributed by atoms with E-state index in [-0.39, 0.29) is 12.5 Å². The molecule has 5 nitrogen and oxygen atoms in total. The average Bonchev–Trinajstić information content (AvgIpc) is 1.98. The van der Waals surface area contributed by atoms with Crippen molar-refractivity contribution in [3.05, 3.63) is 0 Å². The van der Waals surface area contributed by atoms with Gasteiger partial charge in [-0.15, -0.1) is 0 Å². The van der Waals surface area contributed by atoms with Crippen LogP contribution in [0, 0.1) is 0 Å². The number of rotatable bonds is 4. The number of carboxylic acid groups (broad SMARTS) is 1. The van der Waals surface area contributed by atoms with Gasteiger partial charge < -0.3 is 14.6 Å². The molecular weight excluding hydrogens is 176 g/mol. The van der Waals surface area contributed by atoms with Crippen molar-refractivity contribution in [2.75, 3.05) is 0 Å². The molecule has 0 heterocycles. The van der Waals surface area contributed by atoms with E-state index in [9.17, 15) is 9.59 Å². The second-order valence-corrected chi connectivity index (χ2v) is 2.77. The first-order chi connectivity index (χ1) is 5.97. The molecule has 0 saturated carbocycles. The van der Waals surface area contributed by atoms with E-state index >= 15 is 0 Å². The predicted octanol–water partition coefficient (Wildman–Crippen LogP) is 1.41. The van der Waals surface area contributed by atoms with Gasteiger partial charge in [0, 0.05) is 0 Å². The summed E-state index contributed by atoms with van der Waals surface area (Å²) in [6, 6.07) is 0. The van der Waals surface area contributed by atoms with E-state index in [1.54, 1.807) is 20.8 Å². The lowest BCUT2D eigenvalue weighted by Gasteiger charge is -2.12. The lowest BCUT2D eigenvalue weighted by atomic mass is 10.3. The van der Waals surface area contributed by atoms with Gasteiger partial charge in [0.15, 0.2) is 0 Å². The zero-order valence-electron chi connectivity index (χ0n) is 7.94. The number of carboxylic acids is 1. The van der Waals surface area contributed by atoms with Crippen LogP contribution >= 0.6 is 0 Å². The summed E-state index contributed by atoms with van der Waals surface area (Å²) in [5.41, 5.74) is 0. The maximum atomic E-state index is 10.8. The van der Waals surface area contributed by atoms with E-state index < -0.39 is 18.2 Å². The van der Waals surface area contributed by atoms with Crippen LogP contribution in [0.15, 0.2) is 0 Å². The lowest BCUT2D eigenvalue weighted by molar-refractivity contribution is -0.148. The standard InChI is InChI=1S/C8H14O5/c1-4-6(7(9)10)13-8(11)12-5(2)3/h5-6H,4H2,1-3H3,(H,9,10). The highest BCUT2D eigenvalue weighted by molar-refractivity contribution is 5.75. The van der Waals surface area contributed by atoms with Crippen molar-refractivity contribution >= 4 is 12.1 Å². The summed E-state index contributed by atoms with van der Waals surface area (Å²) in [4.78, 5) is 21.2. The summed E-state index contributed by atoms with van der Waals surface area (Å²) >= 11 is 0. The number of carbonyl (C=O) groups excluding carboxylic acids is 1. The van der Waals surface area contributed by atoms with Crippen LogP contribution in [0.25, 0.3) is 0 Å². The molecule has 0 amide bonds. The van der Waals surface area contributed by atoms with Crippen molar-refractivity contribution < 1.29 is 24.2 Å². The summed E-state index contributed by atoms with van der Waals surface area (Å²) in [5, 5.41) is 8.52. The highest BCUT2D eigenvalue weighted by Gasteiger charge is 2.21. The Morgan fingerprint density at radius 3 is 2.15 bits per heavy atom. The topological polar surface area (TPSA) is 72.8 Å². The maximum absolute atomic E-state index is 10.8. The fourth-order valence-corrected chi connectivity index (χ4v) is 0.645. The summed E-state index contributed by atoms with van der Waals surface area (Å²) < 4.78 is 9.12. The van der Waals surface area contributed by atoms with Crippen molar-refractivity contribution in [1.29, 1.82) is 0 Å². The number of carbonyl (C=O) groups is 2. The summed E-state index contributed by atoms with van der Waals surface area (Å²) in [5.74, 6) is -1.16. The van der Waals surface area contributed by atoms with Gasteiger partial charge in [-0.1, -0.05) is 6.92 Å². The Bertz CT molecular complexity index is 187. The van der Waals surface area contributed by atoms with Crippen LogP contribution in [0.3, 0.4) is 0 Å². The van der Waals surface area contributed by atoms with Crippen LogP contribution in [-0.2, 0) is 14.3 Å². The molecule has 0 spiro atoms. The Kier molecular flexibility index (Phi) is 4.87. The number of aliphatic carboxylic acids is 1. The molecule has 0 saturated heterocycles. The van der Waals surface area contributed by atoms with Crippen LogP contribution in [0.4, 0.5) is 4.79 Å². The Balaban J connectivity index is 3.94. The van der Waals surface area contributed by atoms with Gasteiger partial charge in [0.2, 0.25) is 6.10 Å². The van der Waals surface area contributed by atoms with Crippen molar-refractivity contribution in [1.82, 2.24) is 0 Å². The zero-order chi connectivity index (χ0) is 10.4. The SMILES string of the molecule is CCC(OC(=O)OC(C)C)C(=O)O. The van der Waals surface area contributed by atoms with Crippen molar-refractivity contribution in [2.45, 2.75) is 39.4 Å². The van der Waals surface area contributed by atoms with Gasteiger partial charge in [-0.05, 0) is 20.3 Å². The lowest BCUT2D eigenvalue weighted by Crippen LogP contribution is -2.27. The molecule has 0 rings (SSSR count). The van der Waals surface area contributed by atoms with Crippen molar-refractivity contribution in [3.8, 4) is 0 Å². The molecule has 5 heteroatoms. The maximum Gasteiger partial charge on any atom is 0.509 e. The Labute approximate surface area is 76.6 Å². The Morgan fingerprint density at radius 1 is 1.31 bits per heavy atom. The Morgan fingerprint density at radius 2 is 1.85 bits per heavy atom. The van der Waals surface area contributed by atoms with Crippen LogP contribution in [-0.4, -0.2) is 29.4 Å². The number of hydrogen-bond donors (Lipinski definition) is 1. The molecular formula is C8H14O5. The van der Waals surface area contributed by atoms with Gasteiger partial charge in [0.1, 0.15) is 0 Å². The summed E-state index contributed by atoms with van der Waals surface area (Å²) in [6.07, 6.45) is -2.14. The molecule has 0 aliphatic heterocycles. The highest BCUT2D eigenvalue weighted by Crippen LogP contribution is 2.02. The van der Waals surface area contributed by atoms with Crippen molar-refractivity contribution in [3.63, 3.8) is 0 Å². The van der Waals surface area contributed by atoms with Crippen molar-refractivity contribution in [2.24, 2.45) is 0 Å². The third kappa shape index (κ3) is 5.05. The fourth-order valence-electron chi connectivity index (χ4n) is 0.645. The first-order valence-electron chi connectivity index (χ1n) is 4.07. The molecule has 1 atom stereocenters. The molecule has 0 aromatic carbocycles. The highest BCUT2D eigenvalue weighted by atomic mass is 16.7. The second kappa shape index (κ2) is 5.40. The minimum absolute atomic E-state index is 0.225. The van der Waals surface area contributed by atoms with Crippen LogP contribution < -0.4 is 0 Å². The molecule has 0 aliphatic carbocycles. The minimum atomic E-state index is -1.16. The zero-order valence-corrected chi connectivity index (χ0v) is 7.94. The predicted molar refractivity (Wildman–Crippen MR) is 44.4 cm³/mol. The largest absolute Gasteiger partial charge is 0.509 e. The summed E-state index contributed by atoms with van der Waals surface area (Å²) in [6.45, 7) is 4.92. The third-order valence-electron chi connectivity index (χ3n) is 1.22. The summed E-state index contributed by atoms with van der Waals surface area (Å²) in [7, 11) is 0. The molecule has 76 valence electrons. The van der Waals surface area contributed by atoms with Gasteiger partial charge in [-0.25, -0.2) is 9.59 Å². The van der Waals surface area contributed by atoms with Gasteiger partial charge in [0.05, 0.1) is 6.10 Å². The van der Waals surface area contributed by atoms with Crippen LogP contribution in [0.5, 0.6) is 0 Å². The molecule has 0 aliphatic rings. The minimum Gasteiger partial charge on any atom is -0.479 e. The van der Waals surface area contributed by atoms with Gasteiger partial charge in [-0.3, -0.25) is 0 Å². The van der Waals surface area contributed by atoms with Gasteiger partial charge >= 0.3 is 12.1 Å². The number of ether oxygens (including phenoxy) is 2. The second-order valence-electron chi connectivity index (χ2n) is 2.77. The monoisotopic (exact) mass is 190 g/mol.